The van der Waals surface area contributed by atoms with Crippen molar-refractivity contribution in [1.82, 2.24) is 15.0 Å². The van der Waals surface area contributed by atoms with E-state index in [1.165, 1.54) is 19.5 Å². The van der Waals surface area contributed by atoms with E-state index in [2.05, 4.69) is 15.0 Å². The summed E-state index contributed by atoms with van der Waals surface area (Å²) in [6, 6.07) is 5.30. The Morgan fingerprint density at radius 2 is 1.94 bits per heavy atom. The van der Waals surface area contributed by atoms with Crippen molar-refractivity contribution in [3.05, 3.63) is 48.2 Å². The summed E-state index contributed by atoms with van der Waals surface area (Å²) in [5.74, 6) is 0.306. The van der Waals surface area contributed by atoms with Gasteiger partial charge in [0.2, 0.25) is 5.88 Å². The molecule has 82 valence electrons. The van der Waals surface area contributed by atoms with Gasteiger partial charge in [-0.25, -0.2) is 4.98 Å². The lowest BCUT2D eigenvalue weighted by Gasteiger charge is -2.11. The molecule has 0 aliphatic heterocycles. The van der Waals surface area contributed by atoms with Gasteiger partial charge in [0.25, 0.3) is 0 Å². The highest BCUT2D eigenvalue weighted by Crippen LogP contribution is 2.24. The third-order valence-electron chi connectivity index (χ3n) is 2.11. The van der Waals surface area contributed by atoms with Crippen LogP contribution < -0.4 is 4.74 Å². The quantitative estimate of drug-likeness (QED) is 0.829. The normalized spacial score (nSPS) is 12.1. The van der Waals surface area contributed by atoms with Gasteiger partial charge in [-0.3, -0.25) is 9.97 Å². The number of hydrogen-bond donors (Lipinski definition) is 1. The number of pyridine rings is 1. The van der Waals surface area contributed by atoms with Crippen LogP contribution in [0.5, 0.6) is 5.88 Å². The van der Waals surface area contributed by atoms with Crippen LogP contribution in [0, 0.1) is 0 Å². The summed E-state index contributed by atoms with van der Waals surface area (Å²) in [5, 5.41) is 10.1. The summed E-state index contributed by atoms with van der Waals surface area (Å²) in [7, 11) is 1.48. The maximum Gasteiger partial charge on any atom is 0.238 e. The SMILES string of the molecule is COc1nccnc1C(O)c1ccccn1. The second-order valence-electron chi connectivity index (χ2n) is 3.11. The maximum absolute atomic E-state index is 10.1. The standard InChI is InChI=1S/C11H11N3O2/c1-16-11-9(13-6-7-14-11)10(15)8-4-2-3-5-12-8/h2-7,10,15H,1H3. The molecule has 1 atom stereocenters. The Morgan fingerprint density at radius 1 is 1.12 bits per heavy atom. The van der Waals surface area contributed by atoms with Crippen LogP contribution in [0.3, 0.4) is 0 Å². The van der Waals surface area contributed by atoms with Crippen molar-refractivity contribution in [3.8, 4) is 5.88 Å². The van der Waals surface area contributed by atoms with E-state index in [0.29, 0.717) is 17.3 Å². The lowest BCUT2D eigenvalue weighted by Crippen LogP contribution is -2.07. The molecule has 2 heterocycles. The monoisotopic (exact) mass is 217 g/mol. The number of rotatable bonds is 3. The molecule has 0 amide bonds. The molecule has 5 nitrogen and oxygen atoms in total. The predicted molar refractivity (Wildman–Crippen MR) is 56.9 cm³/mol. The van der Waals surface area contributed by atoms with Gasteiger partial charge in [0.1, 0.15) is 11.8 Å². The first-order chi connectivity index (χ1) is 7.83. The first kappa shape index (κ1) is 10.5. The lowest BCUT2D eigenvalue weighted by atomic mass is 10.1. The largest absolute Gasteiger partial charge is 0.480 e. The smallest absolute Gasteiger partial charge is 0.238 e. The molecule has 0 aliphatic rings. The van der Waals surface area contributed by atoms with E-state index in [9.17, 15) is 5.11 Å². The van der Waals surface area contributed by atoms with Gasteiger partial charge >= 0.3 is 0 Å². The van der Waals surface area contributed by atoms with E-state index in [-0.39, 0.29) is 0 Å². The number of aliphatic hydroxyl groups excluding tert-OH is 1. The van der Waals surface area contributed by atoms with Crippen molar-refractivity contribution in [3.63, 3.8) is 0 Å². The zero-order valence-electron chi connectivity index (χ0n) is 8.74. The fraction of sp³-hybridized carbons (Fsp3) is 0.182. The van der Waals surface area contributed by atoms with Crippen LogP contribution in [0.1, 0.15) is 17.5 Å². The molecule has 1 unspecified atom stereocenters. The van der Waals surface area contributed by atoms with Gasteiger partial charge < -0.3 is 9.84 Å². The van der Waals surface area contributed by atoms with Crippen molar-refractivity contribution >= 4 is 0 Å². The first-order valence-corrected chi connectivity index (χ1v) is 4.77. The Kier molecular flexibility index (Phi) is 3.07. The van der Waals surface area contributed by atoms with Crippen LogP contribution in [0.15, 0.2) is 36.8 Å². The highest BCUT2D eigenvalue weighted by molar-refractivity contribution is 5.26. The molecule has 0 saturated carbocycles. The zero-order valence-corrected chi connectivity index (χ0v) is 8.74. The Bertz CT molecular complexity index is 462. The molecule has 0 saturated heterocycles. The number of aromatic nitrogens is 3. The molecule has 2 aromatic rings. The summed E-state index contributed by atoms with van der Waals surface area (Å²) in [6.45, 7) is 0. The van der Waals surface area contributed by atoms with E-state index >= 15 is 0 Å². The summed E-state index contributed by atoms with van der Waals surface area (Å²) in [4.78, 5) is 12.1. The summed E-state index contributed by atoms with van der Waals surface area (Å²) in [6.07, 6.45) is 3.70. The first-order valence-electron chi connectivity index (χ1n) is 4.77. The molecule has 5 heteroatoms. The molecule has 2 rings (SSSR count). The Hall–Kier alpha value is -2.01. The second-order valence-corrected chi connectivity index (χ2v) is 3.11. The number of nitrogens with zero attached hydrogens (tertiary/aromatic N) is 3. The number of ether oxygens (including phenoxy) is 1. The average Bonchev–Trinajstić information content (AvgIpc) is 2.39. The van der Waals surface area contributed by atoms with Crippen LogP contribution in [-0.4, -0.2) is 27.2 Å². The third-order valence-corrected chi connectivity index (χ3v) is 2.11. The van der Waals surface area contributed by atoms with Gasteiger partial charge in [-0.05, 0) is 12.1 Å². The molecular formula is C11H11N3O2. The number of hydrogen-bond acceptors (Lipinski definition) is 5. The molecule has 0 spiro atoms. The molecular weight excluding hydrogens is 206 g/mol. The van der Waals surface area contributed by atoms with Gasteiger partial charge in [0.15, 0.2) is 0 Å². The van der Waals surface area contributed by atoms with E-state index in [0.717, 1.165) is 0 Å². The summed E-state index contributed by atoms with van der Waals surface area (Å²) >= 11 is 0. The zero-order chi connectivity index (χ0) is 11.4. The number of methoxy groups -OCH3 is 1. The molecule has 0 fully saturated rings. The Morgan fingerprint density at radius 3 is 2.62 bits per heavy atom. The molecule has 2 aromatic heterocycles. The minimum atomic E-state index is -0.926. The van der Waals surface area contributed by atoms with E-state index in [4.69, 9.17) is 4.74 Å². The molecule has 0 aliphatic carbocycles. The van der Waals surface area contributed by atoms with Crippen LogP contribution in [-0.2, 0) is 0 Å². The van der Waals surface area contributed by atoms with E-state index in [1.54, 1.807) is 24.4 Å². The Balaban J connectivity index is 2.37. The van der Waals surface area contributed by atoms with Gasteiger partial charge in [-0.2, -0.15) is 0 Å². The topological polar surface area (TPSA) is 68.1 Å². The summed E-state index contributed by atoms with van der Waals surface area (Å²) < 4.78 is 5.03. The van der Waals surface area contributed by atoms with Crippen LogP contribution >= 0.6 is 0 Å². The van der Waals surface area contributed by atoms with Gasteiger partial charge in [-0.1, -0.05) is 6.07 Å². The van der Waals surface area contributed by atoms with Crippen molar-refractivity contribution in [2.24, 2.45) is 0 Å². The molecule has 16 heavy (non-hydrogen) atoms. The van der Waals surface area contributed by atoms with Crippen molar-refractivity contribution in [2.75, 3.05) is 7.11 Å². The molecule has 0 aromatic carbocycles. The van der Waals surface area contributed by atoms with Crippen LogP contribution in [0.4, 0.5) is 0 Å². The van der Waals surface area contributed by atoms with E-state index < -0.39 is 6.10 Å². The maximum atomic E-state index is 10.1. The van der Waals surface area contributed by atoms with Gasteiger partial charge in [0, 0.05) is 18.6 Å². The van der Waals surface area contributed by atoms with Gasteiger partial charge in [0.05, 0.1) is 12.8 Å². The van der Waals surface area contributed by atoms with E-state index in [1.807, 2.05) is 0 Å². The minimum Gasteiger partial charge on any atom is -0.480 e. The second kappa shape index (κ2) is 4.67. The highest BCUT2D eigenvalue weighted by atomic mass is 16.5. The van der Waals surface area contributed by atoms with Crippen LogP contribution in [0.2, 0.25) is 0 Å². The van der Waals surface area contributed by atoms with Crippen molar-refractivity contribution in [1.29, 1.82) is 0 Å². The minimum absolute atomic E-state index is 0.306. The Labute approximate surface area is 92.8 Å². The lowest BCUT2D eigenvalue weighted by molar-refractivity contribution is 0.203. The van der Waals surface area contributed by atoms with Gasteiger partial charge in [-0.15, -0.1) is 0 Å². The van der Waals surface area contributed by atoms with Crippen molar-refractivity contribution in [2.45, 2.75) is 6.10 Å². The molecule has 1 N–H and O–H groups in total. The highest BCUT2D eigenvalue weighted by Gasteiger charge is 2.18. The molecule has 0 bridgehead atoms. The number of aliphatic hydroxyl groups is 1. The fourth-order valence-corrected chi connectivity index (χ4v) is 1.36. The third kappa shape index (κ3) is 1.99. The molecule has 0 radical (unpaired) electrons. The predicted octanol–water partition coefficient (Wildman–Crippen LogP) is 0.962. The van der Waals surface area contributed by atoms with Crippen molar-refractivity contribution < 1.29 is 9.84 Å². The van der Waals surface area contributed by atoms with Crippen LogP contribution in [0.25, 0.3) is 0 Å². The average molecular weight is 217 g/mol. The summed E-state index contributed by atoms with van der Waals surface area (Å²) in [5.41, 5.74) is 0.880. The fourth-order valence-electron chi connectivity index (χ4n) is 1.36.